The molecule has 0 aliphatic carbocycles. The summed E-state index contributed by atoms with van der Waals surface area (Å²) in [7, 11) is 0. The number of esters is 3. The Labute approximate surface area is 406 Å². The number of hydrogen-bond acceptors (Lipinski definition) is 6. The molecule has 2 unspecified atom stereocenters. The molecule has 0 aliphatic rings. The number of ether oxygens (including phenoxy) is 3. The fourth-order valence-corrected chi connectivity index (χ4v) is 8.93. The van der Waals surface area contributed by atoms with Gasteiger partial charge in [-0.3, -0.25) is 14.4 Å². The minimum absolute atomic E-state index is 0.0646. The molecule has 0 radical (unpaired) electrons. The molecule has 0 aromatic carbocycles. The summed E-state index contributed by atoms with van der Waals surface area (Å²) in [5.41, 5.74) is 0. The summed E-state index contributed by atoms with van der Waals surface area (Å²) < 4.78 is 16.9. The number of rotatable bonds is 52. The summed E-state index contributed by atoms with van der Waals surface area (Å²) in [6, 6.07) is 0. The van der Waals surface area contributed by atoms with Crippen molar-refractivity contribution in [3.63, 3.8) is 0 Å². The van der Waals surface area contributed by atoms with Crippen LogP contribution in [0.25, 0.3) is 0 Å². The second-order valence-electron chi connectivity index (χ2n) is 21.2. The second kappa shape index (κ2) is 50.3. The van der Waals surface area contributed by atoms with Gasteiger partial charge < -0.3 is 14.2 Å². The van der Waals surface area contributed by atoms with Crippen molar-refractivity contribution < 1.29 is 28.6 Å². The number of unbranched alkanes of at least 4 members (excludes halogenated alkanes) is 33. The molecule has 65 heavy (non-hydrogen) atoms. The number of carbonyl (C=O) groups is 3. The van der Waals surface area contributed by atoms with Crippen LogP contribution >= 0.6 is 0 Å². The van der Waals surface area contributed by atoms with Gasteiger partial charge in [0.1, 0.15) is 13.2 Å². The molecule has 0 fully saturated rings. The van der Waals surface area contributed by atoms with Crippen LogP contribution in [-0.4, -0.2) is 37.2 Å². The molecule has 6 heteroatoms. The lowest BCUT2D eigenvalue weighted by molar-refractivity contribution is -0.167. The molecular formula is C59H114O6. The van der Waals surface area contributed by atoms with Gasteiger partial charge in [0.25, 0.3) is 0 Å². The summed E-state index contributed by atoms with van der Waals surface area (Å²) in [5, 5.41) is 0. The van der Waals surface area contributed by atoms with Crippen molar-refractivity contribution in [3.05, 3.63) is 0 Å². The van der Waals surface area contributed by atoms with Gasteiger partial charge in [0.2, 0.25) is 0 Å². The Bertz CT molecular complexity index is 1010. The van der Waals surface area contributed by atoms with E-state index in [1.54, 1.807) is 0 Å². The molecule has 0 aromatic rings. The van der Waals surface area contributed by atoms with Gasteiger partial charge in [0.05, 0.1) is 0 Å². The van der Waals surface area contributed by atoms with Crippen LogP contribution in [0.15, 0.2) is 0 Å². The quantitative estimate of drug-likeness (QED) is 0.0344. The maximum atomic E-state index is 12.8. The van der Waals surface area contributed by atoms with Crippen molar-refractivity contribution in [1.82, 2.24) is 0 Å². The standard InChI is InChI=1S/C59H114O6/c1-7-54(5)46-40-34-28-24-20-15-13-11-9-10-12-14-16-21-25-29-36-42-48-57(60)63-51-56(65-59(62)50-44-38-32-31-35-41-47-55(6)8-2)52-64-58(61)49-43-37-30-26-22-18-17-19-23-27-33-39-45-53(3)4/h53-56H,7-52H2,1-6H3/t54?,55?,56-/m1/s1. The maximum absolute atomic E-state index is 12.8. The number of hydrogen-bond donors (Lipinski definition) is 0. The van der Waals surface area contributed by atoms with E-state index in [0.29, 0.717) is 19.3 Å². The van der Waals surface area contributed by atoms with E-state index in [2.05, 4.69) is 41.5 Å². The predicted molar refractivity (Wildman–Crippen MR) is 279 cm³/mol. The molecule has 3 atom stereocenters. The highest BCUT2D eigenvalue weighted by molar-refractivity contribution is 5.71. The molecule has 0 rings (SSSR count). The third kappa shape index (κ3) is 50.1. The summed E-state index contributed by atoms with van der Waals surface area (Å²) in [6.45, 7) is 13.8. The van der Waals surface area contributed by atoms with Gasteiger partial charge in [-0.25, -0.2) is 0 Å². The summed E-state index contributed by atoms with van der Waals surface area (Å²) in [5.74, 6) is 1.70. The molecule has 0 spiro atoms. The smallest absolute Gasteiger partial charge is 0.306 e. The lowest BCUT2D eigenvalue weighted by Crippen LogP contribution is -2.30. The van der Waals surface area contributed by atoms with Gasteiger partial charge >= 0.3 is 17.9 Å². The van der Waals surface area contributed by atoms with E-state index in [4.69, 9.17) is 14.2 Å². The van der Waals surface area contributed by atoms with E-state index < -0.39 is 6.10 Å². The number of carbonyl (C=O) groups excluding carboxylic acids is 3. The molecule has 6 nitrogen and oxygen atoms in total. The van der Waals surface area contributed by atoms with Crippen molar-refractivity contribution in [1.29, 1.82) is 0 Å². The minimum Gasteiger partial charge on any atom is -0.462 e. The summed E-state index contributed by atoms with van der Waals surface area (Å²) >= 11 is 0. The van der Waals surface area contributed by atoms with Crippen molar-refractivity contribution in [2.45, 2.75) is 330 Å². The first-order chi connectivity index (χ1) is 31.7. The molecule has 0 amide bonds. The highest BCUT2D eigenvalue weighted by atomic mass is 16.6. The topological polar surface area (TPSA) is 78.9 Å². The zero-order valence-corrected chi connectivity index (χ0v) is 44.8. The molecule has 386 valence electrons. The first kappa shape index (κ1) is 63.4. The van der Waals surface area contributed by atoms with Crippen LogP contribution in [0.4, 0.5) is 0 Å². The Morgan fingerprint density at radius 1 is 0.308 bits per heavy atom. The maximum Gasteiger partial charge on any atom is 0.306 e. The third-order valence-corrected chi connectivity index (χ3v) is 14.1. The SMILES string of the molecule is CCC(C)CCCCCCCCCCCCCCCCCCCCC(=O)OC[C@H](COC(=O)CCCCCCCCCCCCCCC(C)C)OC(=O)CCCCCCCCC(C)CC. The predicted octanol–water partition coefficient (Wildman–Crippen LogP) is 19.1. The fourth-order valence-electron chi connectivity index (χ4n) is 8.93. The van der Waals surface area contributed by atoms with Crippen molar-refractivity contribution in [2.24, 2.45) is 17.8 Å². The van der Waals surface area contributed by atoms with Gasteiger partial charge in [-0.15, -0.1) is 0 Å². The lowest BCUT2D eigenvalue weighted by Gasteiger charge is -2.18. The highest BCUT2D eigenvalue weighted by Gasteiger charge is 2.19. The lowest BCUT2D eigenvalue weighted by atomic mass is 9.99. The Morgan fingerprint density at radius 2 is 0.538 bits per heavy atom. The zero-order chi connectivity index (χ0) is 47.7. The molecular weight excluding hydrogens is 805 g/mol. The monoisotopic (exact) mass is 919 g/mol. The Kier molecular flexibility index (Phi) is 49.1. The van der Waals surface area contributed by atoms with E-state index in [1.807, 2.05) is 0 Å². The van der Waals surface area contributed by atoms with Crippen LogP contribution < -0.4 is 0 Å². The zero-order valence-electron chi connectivity index (χ0n) is 44.8. The summed E-state index contributed by atoms with van der Waals surface area (Å²) in [6.07, 6.45) is 52.4. The Morgan fingerprint density at radius 3 is 0.800 bits per heavy atom. The van der Waals surface area contributed by atoms with Crippen LogP contribution in [0.3, 0.4) is 0 Å². The van der Waals surface area contributed by atoms with Crippen LogP contribution in [0, 0.1) is 17.8 Å². The average molecular weight is 920 g/mol. The Balaban J connectivity index is 4.19. The molecule has 0 N–H and O–H groups in total. The van der Waals surface area contributed by atoms with Crippen LogP contribution in [0.2, 0.25) is 0 Å². The molecule has 0 heterocycles. The second-order valence-corrected chi connectivity index (χ2v) is 21.2. The van der Waals surface area contributed by atoms with Crippen molar-refractivity contribution in [2.75, 3.05) is 13.2 Å². The normalized spacial score (nSPS) is 13.0. The van der Waals surface area contributed by atoms with Gasteiger partial charge in [-0.1, -0.05) is 286 Å². The largest absolute Gasteiger partial charge is 0.462 e. The van der Waals surface area contributed by atoms with Gasteiger partial charge in [-0.2, -0.15) is 0 Å². The highest BCUT2D eigenvalue weighted by Crippen LogP contribution is 2.19. The van der Waals surface area contributed by atoms with Crippen molar-refractivity contribution in [3.8, 4) is 0 Å². The van der Waals surface area contributed by atoms with Gasteiger partial charge in [0, 0.05) is 19.3 Å². The van der Waals surface area contributed by atoms with E-state index in [1.165, 1.54) is 205 Å². The Hall–Kier alpha value is -1.59. The average Bonchev–Trinajstić information content (AvgIpc) is 3.29. The van der Waals surface area contributed by atoms with E-state index >= 15 is 0 Å². The van der Waals surface area contributed by atoms with Crippen LogP contribution in [-0.2, 0) is 28.6 Å². The first-order valence-electron chi connectivity index (χ1n) is 29.2. The molecule has 0 saturated heterocycles. The van der Waals surface area contributed by atoms with Crippen molar-refractivity contribution >= 4 is 17.9 Å². The molecule has 0 aromatic heterocycles. The van der Waals surface area contributed by atoms with Gasteiger partial charge in [-0.05, 0) is 37.0 Å². The van der Waals surface area contributed by atoms with Crippen LogP contribution in [0.5, 0.6) is 0 Å². The van der Waals surface area contributed by atoms with E-state index in [9.17, 15) is 14.4 Å². The van der Waals surface area contributed by atoms with Gasteiger partial charge in [0.15, 0.2) is 6.10 Å². The summed E-state index contributed by atoms with van der Waals surface area (Å²) in [4.78, 5) is 38.1. The van der Waals surface area contributed by atoms with E-state index in [-0.39, 0.29) is 31.1 Å². The van der Waals surface area contributed by atoms with Crippen LogP contribution in [0.1, 0.15) is 324 Å². The molecule has 0 saturated carbocycles. The fraction of sp³-hybridized carbons (Fsp3) is 0.949. The molecule has 0 bridgehead atoms. The molecule has 0 aliphatic heterocycles. The third-order valence-electron chi connectivity index (χ3n) is 14.1. The van der Waals surface area contributed by atoms with E-state index in [0.717, 1.165) is 75.5 Å². The first-order valence-corrected chi connectivity index (χ1v) is 29.2. The minimum atomic E-state index is -0.764.